The number of rotatable bonds is 2. The lowest BCUT2D eigenvalue weighted by atomic mass is 9.77. The fourth-order valence-corrected chi connectivity index (χ4v) is 4.79. The predicted octanol–water partition coefficient (Wildman–Crippen LogP) is 3.87. The van der Waals surface area contributed by atoms with E-state index in [9.17, 15) is 9.90 Å². The lowest BCUT2D eigenvalue weighted by Gasteiger charge is -2.58. The van der Waals surface area contributed by atoms with Gasteiger partial charge in [0.15, 0.2) is 0 Å². The number of likely N-dealkylation sites (tertiary alicyclic amines) is 1. The molecule has 1 aromatic heterocycles. The van der Waals surface area contributed by atoms with Gasteiger partial charge in [-0.05, 0) is 55.7 Å². The van der Waals surface area contributed by atoms with Gasteiger partial charge in [0.25, 0.3) is 5.91 Å². The summed E-state index contributed by atoms with van der Waals surface area (Å²) in [5.41, 5.74) is 3.11. The fourth-order valence-electron chi connectivity index (χ4n) is 4.63. The van der Waals surface area contributed by atoms with Gasteiger partial charge in [-0.3, -0.25) is 14.8 Å². The summed E-state index contributed by atoms with van der Waals surface area (Å²) in [6, 6.07) is 10.8. The smallest absolute Gasteiger partial charge is 0.257 e. The first kappa shape index (κ1) is 18.2. The maximum Gasteiger partial charge on any atom is 0.257 e. The number of phenols is 1. The summed E-state index contributed by atoms with van der Waals surface area (Å²) in [4.78, 5) is 26.1. The largest absolute Gasteiger partial charge is 0.507 e. The lowest BCUT2D eigenvalue weighted by molar-refractivity contribution is 0.0560. The molecule has 0 radical (unpaired) electrons. The Bertz CT molecular complexity index is 1110. The zero-order chi connectivity index (χ0) is 20.0. The highest BCUT2D eigenvalue weighted by Crippen LogP contribution is 2.43. The van der Waals surface area contributed by atoms with E-state index in [2.05, 4.69) is 27.0 Å². The van der Waals surface area contributed by atoms with Gasteiger partial charge in [0, 0.05) is 42.7 Å². The van der Waals surface area contributed by atoms with Crippen LogP contribution in [0.3, 0.4) is 0 Å². The molecule has 1 amide bonds. The fraction of sp³-hybridized carbons (Fsp3) is 0.318. The van der Waals surface area contributed by atoms with E-state index >= 15 is 0 Å². The summed E-state index contributed by atoms with van der Waals surface area (Å²) in [6.07, 6.45) is 6.43. The Balaban J connectivity index is 1.41. The molecule has 3 heterocycles. The number of hydrogen-bond acceptors (Lipinski definition) is 5. The van der Waals surface area contributed by atoms with Gasteiger partial charge in [-0.1, -0.05) is 11.6 Å². The number of nitrogens with zero attached hydrogens (tertiary/aromatic N) is 4. The molecule has 1 spiro atoms. The first-order valence-electron chi connectivity index (χ1n) is 9.82. The monoisotopic (exact) mass is 408 g/mol. The molecule has 2 aromatic carbocycles. The maximum absolute atomic E-state index is 13.1. The zero-order valence-electron chi connectivity index (χ0n) is 15.9. The summed E-state index contributed by atoms with van der Waals surface area (Å²) < 4.78 is 0. The number of halogens is 1. The second kappa shape index (κ2) is 6.88. The normalized spacial score (nSPS) is 21.4. The van der Waals surface area contributed by atoms with Crippen LogP contribution in [0, 0.1) is 0 Å². The van der Waals surface area contributed by atoms with Crippen LogP contribution in [0.1, 0.15) is 29.6 Å². The SMILES string of the molecule is O=C(c1ccc(Cl)cc1O)N1CCC[C@@]2(CCN2c2ccc3nccnc3c2)C1. The number of carbonyl (C=O) groups is 1. The standard InChI is InChI=1S/C22H21ClN4O2/c23-15-2-4-17(20(28)12-15)21(29)26-10-1-6-22(14-26)7-11-27(22)16-3-5-18-19(13-16)25-9-8-24-18/h2-5,8-9,12-13,28H,1,6-7,10-11,14H2/t22-/m1/s1. The van der Waals surface area contributed by atoms with E-state index in [0.29, 0.717) is 23.7 Å². The molecule has 148 valence electrons. The minimum Gasteiger partial charge on any atom is -0.507 e. The van der Waals surface area contributed by atoms with Gasteiger partial charge in [-0.25, -0.2) is 0 Å². The second-order valence-electron chi connectivity index (χ2n) is 7.85. The van der Waals surface area contributed by atoms with Crippen molar-refractivity contribution in [3.63, 3.8) is 0 Å². The van der Waals surface area contributed by atoms with E-state index in [1.165, 1.54) is 6.07 Å². The van der Waals surface area contributed by atoms with E-state index < -0.39 is 0 Å². The molecular weight excluding hydrogens is 388 g/mol. The topological polar surface area (TPSA) is 69.6 Å². The van der Waals surface area contributed by atoms with Gasteiger partial charge < -0.3 is 14.9 Å². The average molecular weight is 409 g/mol. The summed E-state index contributed by atoms with van der Waals surface area (Å²) in [5.74, 6) is -0.213. The number of amides is 1. The summed E-state index contributed by atoms with van der Waals surface area (Å²) in [5, 5.41) is 10.6. The number of fused-ring (bicyclic) bond motifs is 1. The van der Waals surface area contributed by atoms with Crippen LogP contribution >= 0.6 is 11.6 Å². The van der Waals surface area contributed by atoms with Crippen LogP contribution in [0.15, 0.2) is 48.8 Å². The van der Waals surface area contributed by atoms with Crippen molar-refractivity contribution in [1.82, 2.24) is 14.9 Å². The first-order valence-corrected chi connectivity index (χ1v) is 10.2. The quantitative estimate of drug-likeness (QED) is 0.697. The average Bonchev–Trinajstić information content (AvgIpc) is 2.72. The maximum atomic E-state index is 13.1. The molecule has 6 nitrogen and oxygen atoms in total. The molecule has 1 atom stereocenters. The Morgan fingerprint density at radius 1 is 1.03 bits per heavy atom. The van der Waals surface area contributed by atoms with Crippen LogP contribution in [0.25, 0.3) is 11.0 Å². The third kappa shape index (κ3) is 3.08. The number of carbonyl (C=O) groups excluding carboxylic acids is 1. The van der Waals surface area contributed by atoms with Crippen molar-refractivity contribution in [2.75, 3.05) is 24.5 Å². The van der Waals surface area contributed by atoms with Crippen LogP contribution in [0.5, 0.6) is 5.75 Å². The number of anilines is 1. The number of hydrogen-bond donors (Lipinski definition) is 1. The molecule has 1 N–H and O–H groups in total. The van der Waals surface area contributed by atoms with Gasteiger partial charge in [0.1, 0.15) is 5.75 Å². The van der Waals surface area contributed by atoms with E-state index in [0.717, 1.165) is 42.5 Å². The molecule has 5 rings (SSSR count). The van der Waals surface area contributed by atoms with Crippen molar-refractivity contribution in [2.45, 2.75) is 24.8 Å². The van der Waals surface area contributed by atoms with Crippen molar-refractivity contribution in [1.29, 1.82) is 0 Å². The summed E-state index contributed by atoms with van der Waals surface area (Å²) in [7, 11) is 0. The van der Waals surface area contributed by atoms with Gasteiger partial charge in [0.05, 0.1) is 22.1 Å². The number of aromatic hydroxyl groups is 1. The lowest BCUT2D eigenvalue weighted by Crippen LogP contribution is -2.67. The predicted molar refractivity (Wildman–Crippen MR) is 112 cm³/mol. The highest BCUT2D eigenvalue weighted by molar-refractivity contribution is 6.30. The van der Waals surface area contributed by atoms with Crippen molar-refractivity contribution < 1.29 is 9.90 Å². The number of phenolic OH excluding ortho intramolecular Hbond substituents is 1. The van der Waals surface area contributed by atoms with Crippen molar-refractivity contribution in [3.8, 4) is 5.75 Å². The molecule has 3 aromatic rings. The Morgan fingerprint density at radius 2 is 1.86 bits per heavy atom. The van der Waals surface area contributed by atoms with Crippen LogP contribution in [-0.4, -0.2) is 51.1 Å². The number of aromatic nitrogens is 2. The molecule has 0 unspecified atom stereocenters. The minimum atomic E-state index is -0.144. The minimum absolute atomic E-state index is 0.0637. The molecular formula is C22H21ClN4O2. The molecule has 0 bridgehead atoms. The summed E-state index contributed by atoms with van der Waals surface area (Å²) >= 11 is 5.91. The molecule has 7 heteroatoms. The number of piperidine rings is 1. The molecule has 29 heavy (non-hydrogen) atoms. The van der Waals surface area contributed by atoms with Crippen LogP contribution in [0.4, 0.5) is 5.69 Å². The zero-order valence-corrected chi connectivity index (χ0v) is 16.6. The summed E-state index contributed by atoms with van der Waals surface area (Å²) in [6.45, 7) is 2.30. The molecule has 2 fully saturated rings. The van der Waals surface area contributed by atoms with E-state index in [1.54, 1.807) is 24.5 Å². The highest BCUT2D eigenvalue weighted by Gasteiger charge is 2.48. The van der Waals surface area contributed by atoms with Crippen molar-refractivity contribution in [3.05, 3.63) is 59.4 Å². The molecule has 0 saturated carbocycles. The number of benzene rings is 2. The van der Waals surface area contributed by atoms with Gasteiger partial charge in [-0.15, -0.1) is 0 Å². The van der Waals surface area contributed by atoms with E-state index in [4.69, 9.17) is 11.6 Å². The highest BCUT2D eigenvalue weighted by atomic mass is 35.5. The van der Waals surface area contributed by atoms with E-state index in [1.807, 2.05) is 11.0 Å². The third-order valence-electron chi connectivity index (χ3n) is 6.17. The Kier molecular flexibility index (Phi) is 4.32. The molecule has 2 aliphatic heterocycles. The molecule has 0 aliphatic carbocycles. The van der Waals surface area contributed by atoms with Crippen molar-refractivity contribution >= 4 is 34.2 Å². The molecule has 2 saturated heterocycles. The van der Waals surface area contributed by atoms with Gasteiger partial charge >= 0.3 is 0 Å². The van der Waals surface area contributed by atoms with Crippen LogP contribution < -0.4 is 4.90 Å². The first-order chi connectivity index (χ1) is 14.1. The van der Waals surface area contributed by atoms with Gasteiger partial charge in [0.2, 0.25) is 0 Å². The molecule has 2 aliphatic rings. The van der Waals surface area contributed by atoms with Crippen molar-refractivity contribution in [2.24, 2.45) is 0 Å². The second-order valence-corrected chi connectivity index (χ2v) is 8.28. The third-order valence-corrected chi connectivity index (χ3v) is 6.41. The van der Waals surface area contributed by atoms with Crippen LogP contribution in [-0.2, 0) is 0 Å². The Labute approximate surface area is 173 Å². The van der Waals surface area contributed by atoms with Crippen LogP contribution in [0.2, 0.25) is 5.02 Å². The van der Waals surface area contributed by atoms with E-state index in [-0.39, 0.29) is 17.2 Å². The Morgan fingerprint density at radius 3 is 2.62 bits per heavy atom. The van der Waals surface area contributed by atoms with Gasteiger partial charge in [-0.2, -0.15) is 0 Å². The Hall–Kier alpha value is -2.86.